The summed E-state index contributed by atoms with van der Waals surface area (Å²) < 4.78 is 35.5. The highest BCUT2D eigenvalue weighted by molar-refractivity contribution is 4.75. The Morgan fingerprint density at radius 2 is 1.75 bits per heavy atom. The molecule has 0 aliphatic carbocycles. The molecular weight excluding hydrogens is 171 g/mol. The van der Waals surface area contributed by atoms with Crippen LogP contribution >= 0.6 is 0 Å². The van der Waals surface area contributed by atoms with Gasteiger partial charge in [0.15, 0.2) is 0 Å². The fraction of sp³-hybridized carbons (Fsp3) is 1.00. The Bertz CT molecular complexity index is 135. The molecule has 0 saturated heterocycles. The molecule has 0 spiro atoms. The molecule has 0 radical (unpaired) electrons. The zero-order valence-corrected chi connectivity index (χ0v) is 7.10. The molecule has 5 heteroatoms. The first-order chi connectivity index (χ1) is 5.25. The topological polar surface area (TPSA) is 46.2 Å². The summed E-state index contributed by atoms with van der Waals surface area (Å²) in [7, 11) is 0. The van der Waals surface area contributed by atoms with Crippen LogP contribution in [0.3, 0.4) is 0 Å². The van der Waals surface area contributed by atoms with Crippen molar-refractivity contribution in [1.29, 1.82) is 0 Å². The van der Waals surface area contributed by atoms with E-state index in [9.17, 15) is 13.2 Å². The average molecular weight is 185 g/mol. The largest absolute Gasteiger partial charge is 0.403 e. The van der Waals surface area contributed by atoms with Gasteiger partial charge in [-0.1, -0.05) is 13.8 Å². The molecule has 0 aromatic carbocycles. The van der Waals surface area contributed by atoms with Gasteiger partial charge in [0.2, 0.25) is 0 Å². The Balaban J connectivity index is 3.93. The molecule has 0 rings (SSSR count). The first-order valence-corrected chi connectivity index (χ1v) is 3.75. The van der Waals surface area contributed by atoms with Gasteiger partial charge in [-0.25, -0.2) is 0 Å². The van der Waals surface area contributed by atoms with E-state index in [0.29, 0.717) is 0 Å². The normalized spacial score (nSPS) is 18.0. The summed E-state index contributed by atoms with van der Waals surface area (Å²) in [6, 6.07) is -1.92. The fourth-order valence-corrected chi connectivity index (χ4v) is 0.666. The molecule has 74 valence electrons. The maximum atomic E-state index is 11.8. The predicted molar refractivity (Wildman–Crippen MR) is 39.5 cm³/mol. The van der Waals surface area contributed by atoms with Crippen LogP contribution in [0.1, 0.15) is 20.3 Å². The highest BCUT2D eigenvalue weighted by Crippen LogP contribution is 2.23. The molecule has 0 fully saturated rings. The molecule has 0 amide bonds. The number of hydrogen-bond donors (Lipinski definition) is 2. The van der Waals surface area contributed by atoms with Gasteiger partial charge in [-0.15, -0.1) is 0 Å². The van der Waals surface area contributed by atoms with E-state index in [-0.39, 0.29) is 5.92 Å². The van der Waals surface area contributed by atoms with Gasteiger partial charge in [0.25, 0.3) is 0 Å². The zero-order valence-electron chi connectivity index (χ0n) is 7.10. The lowest BCUT2D eigenvalue weighted by Crippen LogP contribution is -2.41. The van der Waals surface area contributed by atoms with Crippen molar-refractivity contribution < 1.29 is 18.3 Å². The molecule has 2 nitrogen and oxygen atoms in total. The maximum Gasteiger partial charge on any atom is 0.403 e. The molecule has 2 atom stereocenters. The van der Waals surface area contributed by atoms with Crippen LogP contribution in [0.15, 0.2) is 0 Å². The number of hydrogen-bond acceptors (Lipinski definition) is 2. The second kappa shape index (κ2) is 4.09. The molecule has 0 aromatic rings. The zero-order chi connectivity index (χ0) is 9.94. The van der Waals surface area contributed by atoms with Crippen molar-refractivity contribution in [1.82, 2.24) is 0 Å². The molecule has 0 aromatic heterocycles. The highest BCUT2D eigenvalue weighted by Gasteiger charge is 2.38. The van der Waals surface area contributed by atoms with Crippen molar-refractivity contribution in [3.8, 4) is 0 Å². The van der Waals surface area contributed by atoms with Crippen molar-refractivity contribution in [3.63, 3.8) is 0 Å². The van der Waals surface area contributed by atoms with Crippen molar-refractivity contribution in [2.24, 2.45) is 11.7 Å². The van der Waals surface area contributed by atoms with E-state index in [0.717, 1.165) is 0 Å². The van der Waals surface area contributed by atoms with Gasteiger partial charge in [-0.05, 0) is 12.3 Å². The van der Waals surface area contributed by atoms with Crippen LogP contribution < -0.4 is 5.73 Å². The van der Waals surface area contributed by atoms with Crippen LogP contribution in [-0.2, 0) is 0 Å². The van der Waals surface area contributed by atoms with Gasteiger partial charge in [-0.2, -0.15) is 13.2 Å². The Morgan fingerprint density at radius 1 is 1.33 bits per heavy atom. The van der Waals surface area contributed by atoms with Crippen molar-refractivity contribution in [3.05, 3.63) is 0 Å². The maximum absolute atomic E-state index is 11.8. The van der Waals surface area contributed by atoms with E-state index in [1.807, 2.05) is 0 Å². The Morgan fingerprint density at radius 3 is 2.00 bits per heavy atom. The minimum atomic E-state index is -4.41. The predicted octanol–water partition coefficient (Wildman–Crippen LogP) is 1.28. The lowest BCUT2D eigenvalue weighted by molar-refractivity contribution is -0.154. The SMILES string of the molecule is CC(C)[C@H](O)C[C@@H](N)C(F)(F)F. The third kappa shape index (κ3) is 3.92. The standard InChI is InChI=1S/C7H14F3NO/c1-4(2)5(12)3-6(11)7(8,9)10/h4-6,12H,3,11H2,1-2H3/t5-,6-/m1/s1. The summed E-state index contributed by atoms with van der Waals surface area (Å²) in [6.07, 6.45) is -5.82. The fourth-order valence-electron chi connectivity index (χ4n) is 0.666. The van der Waals surface area contributed by atoms with Crippen LogP contribution in [0.5, 0.6) is 0 Å². The van der Waals surface area contributed by atoms with Gasteiger partial charge in [-0.3, -0.25) is 0 Å². The molecule has 12 heavy (non-hydrogen) atoms. The van der Waals surface area contributed by atoms with E-state index in [2.05, 4.69) is 0 Å². The summed E-state index contributed by atoms with van der Waals surface area (Å²) in [4.78, 5) is 0. The molecule has 0 aliphatic rings. The Labute approximate surface area is 69.6 Å². The summed E-state index contributed by atoms with van der Waals surface area (Å²) in [5.74, 6) is -0.196. The summed E-state index contributed by atoms with van der Waals surface area (Å²) in [5, 5.41) is 9.08. The minimum Gasteiger partial charge on any atom is -0.393 e. The average Bonchev–Trinajstić information content (AvgIpc) is 1.85. The lowest BCUT2D eigenvalue weighted by Gasteiger charge is -2.21. The third-order valence-electron chi connectivity index (χ3n) is 1.69. The number of halogens is 3. The quantitative estimate of drug-likeness (QED) is 0.695. The van der Waals surface area contributed by atoms with Crippen LogP contribution in [-0.4, -0.2) is 23.4 Å². The van der Waals surface area contributed by atoms with E-state index in [4.69, 9.17) is 10.8 Å². The van der Waals surface area contributed by atoms with E-state index in [1.54, 1.807) is 13.8 Å². The van der Waals surface area contributed by atoms with Crippen LogP contribution in [0.4, 0.5) is 13.2 Å². The summed E-state index contributed by atoms with van der Waals surface area (Å²) in [5.41, 5.74) is 4.80. The second-order valence-corrected chi connectivity index (χ2v) is 3.20. The number of rotatable bonds is 3. The lowest BCUT2D eigenvalue weighted by atomic mass is 10.00. The Kier molecular flexibility index (Phi) is 3.99. The summed E-state index contributed by atoms with van der Waals surface area (Å²) in [6.45, 7) is 3.29. The molecule has 0 bridgehead atoms. The second-order valence-electron chi connectivity index (χ2n) is 3.20. The van der Waals surface area contributed by atoms with Gasteiger partial charge < -0.3 is 10.8 Å². The smallest absolute Gasteiger partial charge is 0.393 e. The van der Waals surface area contributed by atoms with Crippen LogP contribution in [0.2, 0.25) is 0 Å². The van der Waals surface area contributed by atoms with E-state index < -0.39 is 24.7 Å². The molecule has 0 heterocycles. The van der Waals surface area contributed by atoms with E-state index in [1.165, 1.54) is 0 Å². The Hall–Kier alpha value is -0.290. The first-order valence-electron chi connectivity index (χ1n) is 3.75. The van der Waals surface area contributed by atoms with E-state index >= 15 is 0 Å². The summed E-state index contributed by atoms with van der Waals surface area (Å²) >= 11 is 0. The van der Waals surface area contributed by atoms with Gasteiger partial charge in [0, 0.05) is 0 Å². The number of aliphatic hydroxyl groups excluding tert-OH is 1. The van der Waals surface area contributed by atoms with Crippen molar-refractivity contribution in [2.45, 2.75) is 38.6 Å². The monoisotopic (exact) mass is 185 g/mol. The third-order valence-corrected chi connectivity index (χ3v) is 1.69. The van der Waals surface area contributed by atoms with Gasteiger partial charge >= 0.3 is 6.18 Å². The molecule has 0 unspecified atom stereocenters. The van der Waals surface area contributed by atoms with Gasteiger partial charge in [0.1, 0.15) is 6.04 Å². The number of alkyl halides is 3. The highest BCUT2D eigenvalue weighted by atomic mass is 19.4. The first kappa shape index (κ1) is 11.7. The van der Waals surface area contributed by atoms with Crippen LogP contribution in [0, 0.1) is 5.92 Å². The number of nitrogens with two attached hydrogens (primary N) is 1. The molecule has 0 saturated carbocycles. The van der Waals surface area contributed by atoms with Crippen molar-refractivity contribution >= 4 is 0 Å². The number of aliphatic hydroxyl groups is 1. The molecule has 0 aliphatic heterocycles. The van der Waals surface area contributed by atoms with Gasteiger partial charge in [0.05, 0.1) is 6.10 Å². The minimum absolute atomic E-state index is 0.196. The molecular formula is C7H14F3NO. The van der Waals surface area contributed by atoms with Crippen LogP contribution in [0.25, 0.3) is 0 Å². The van der Waals surface area contributed by atoms with Crippen molar-refractivity contribution in [2.75, 3.05) is 0 Å². The molecule has 3 N–H and O–H groups in total.